The lowest BCUT2D eigenvalue weighted by Gasteiger charge is -2.20. The summed E-state index contributed by atoms with van der Waals surface area (Å²) in [5.74, 6) is 0.331. The molecule has 1 aliphatic heterocycles. The molecule has 0 unspecified atom stereocenters. The van der Waals surface area contributed by atoms with Crippen LogP contribution in [-0.4, -0.2) is 50.4 Å². The molecule has 0 bridgehead atoms. The molecule has 8 heteroatoms. The topological polar surface area (TPSA) is 76.2 Å². The predicted octanol–water partition coefficient (Wildman–Crippen LogP) is 3.51. The summed E-state index contributed by atoms with van der Waals surface area (Å²) in [4.78, 5) is 40.2. The van der Waals surface area contributed by atoms with Crippen molar-refractivity contribution < 1.29 is 23.9 Å². The molecule has 152 valence electrons. The van der Waals surface area contributed by atoms with Crippen molar-refractivity contribution in [1.82, 2.24) is 4.90 Å². The maximum Gasteiger partial charge on any atom is 0.261 e. The first-order valence-corrected chi connectivity index (χ1v) is 9.81. The molecule has 3 rings (SSSR count). The van der Waals surface area contributed by atoms with Crippen molar-refractivity contribution in [2.75, 3.05) is 32.7 Å². The molecule has 0 fully saturated rings. The molecule has 2 aromatic carbocycles. The zero-order chi connectivity index (χ0) is 21.1. The van der Waals surface area contributed by atoms with Crippen LogP contribution >= 0.6 is 15.9 Å². The number of ether oxygens (including phenoxy) is 2. The Bertz CT molecular complexity index is 976. The van der Waals surface area contributed by atoms with Gasteiger partial charge in [-0.3, -0.25) is 19.3 Å². The normalized spacial score (nSPS) is 12.8. The van der Waals surface area contributed by atoms with Gasteiger partial charge in [0.15, 0.2) is 11.5 Å². The Morgan fingerprint density at radius 1 is 1.00 bits per heavy atom. The average molecular weight is 461 g/mol. The number of hydrogen-bond donors (Lipinski definition) is 0. The Labute approximate surface area is 177 Å². The summed E-state index contributed by atoms with van der Waals surface area (Å²) >= 11 is 3.31. The summed E-state index contributed by atoms with van der Waals surface area (Å²) in [5.41, 5.74) is 1.45. The minimum absolute atomic E-state index is 0.128. The molecule has 1 aliphatic rings. The third-order valence-electron chi connectivity index (χ3n) is 4.83. The number of methoxy groups -OCH3 is 2. The largest absolute Gasteiger partial charge is 0.493 e. The molecule has 0 N–H and O–H groups in total. The number of carbonyl (C=O) groups is 3. The van der Waals surface area contributed by atoms with Gasteiger partial charge in [0.2, 0.25) is 5.91 Å². The monoisotopic (exact) mass is 460 g/mol. The van der Waals surface area contributed by atoms with E-state index in [0.717, 1.165) is 4.47 Å². The highest BCUT2D eigenvalue weighted by molar-refractivity contribution is 9.10. The zero-order valence-corrected chi connectivity index (χ0v) is 18.0. The maximum atomic E-state index is 12.6. The van der Waals surface area contributed by atoms with Gasteiger partial charge in [0.25, 0.3) is 11.8 Å². The van der Waals surface area contributed by atoms with E-state index in [2.05, 4.69) is 15.9 Å². The first-order valence-electron chi connectivity index (χ1n) is 9.01. The van der Waals surface area contributed by atoms with Gasteiger partial charge < -0.3 is 14.4 Å². The number of benzene rings is 2. The van der Waals surface area contributed by atoms with Crippen LogP contribution in [0, 0.1) is 0 Å². The first kappa shape index (κ1) is 20.9. The van der Waals surface area contributed by atoms with Crippen LogP contribution in [0.25, 0.3) is 0 Å². The number of rotatable bonds is 7. The SMILES string of the molecule is COc1ccc(N(C)C(=O)CCCN2C(=O)c3ccc(Br)cc3C2=O)cc1OC. The van der Waals surface area contributed by atoms with E-state index in [1.165, 1.54) is 16.9 Å². The fourth-order valence-electron chi connectivity index (χ4n) is 3.20. The molecule has 0 radical (unpaired) electrons. The lowest BCUT2D eigenvalue weighted by Crippen LogP contribution is -2.32. The molecular weight excluding hydrogens is 440 g/mol. The molecule has 3 amide bonds. The standard InChI is InChI=1S/C21H21BrN2O5/c1-23(14-7-9-17(28-2)18(12-14)29-3)19(25)5-4-10-24-20(26)15-8-6-13(22)11-16(15)21(24)27/h6-9,11-12H,4-5,10H2,1-3H3. The van der Waals surface area contributed by atoms with Crippen molar-refractivity contribution in [3.05, 3.63) is 52.0 Å². The van der Waals surface area contributed by atoms with Crippen molar-refractivity contribution in [3.8, 4) is 11.5 Å². The van der Waals surface area contributed by atoms with Crippen LogP contribution in [0.5, 0.6) is 11.5 Å². The van der Waals surface area contributed by atoms with Crippen molar-refractivity contribution in [2.24, 2.45) is 0 Å². The quantitative estimate of drug-likeness (QED) is 0.590. The molecule has 0 aromatic heterocycles. The van der Waals surface area contributed by atoms with Gasteiger partial charge >= 0.3 is 0 Å². The average Bonchev–Trinajstić information content (AvgIpc) is 2.96. The fourth-order valence-corrected chi connectivity index (χ4v) is 3.56. The molecule has 29 heavy (non-hydrogen) atoms. The van der Waals surface area contributed by atoms with Crippen molar-refractivity contribution in [3.63, 3.8) is 0 Å². The molecular formula is C21H21BrN2O5. The molecule has 2 aromatic rings. The Morgan fingerprint density at radius 2 is 1.69 bits per heavy atom. The van der Waals surface area contributed by atoms with Crippen molar-refractivity contribution >= 4 is 39.3 Å². The molecule has 0 spiro atoms. The fraction of sp³-hybridized carbons (Fsp3) is 0.286. The number of anilines is 1. The highest BCUT2D eigenvalue weighted by Crippen LogP contribution is 2.31. The van der Waals surface area contributed by atoms with E-state index in [4.69, 9.17) is 9.47 Å². The summed E-state index contributed by atoms with van der Waals surface area (Å²) in [6.07, 6.45) is 0.574. The van der Waals surface area contributed by atoms with Crippen molar-refractivity contribution in [1.29, 1.82) is 0 Å². The van der Waals surface area contributed by atoms with E-state index in [9.17, 15) is 14.4 Å². The summed E-state index contributed by atoms with van der Waals surface area (Å²) < 4.78 is 11.2. The molecule has 0 atom stereocenters. The summed E-state index contributed by atoms with van der Waals surface area (Å²) in [6.45, 7) is 0.190. The van der Waals surface area contributed by atoms with Crippen LogP contribution in [0.3, 0.4) is 0 Å². The van der Waals surface area contributed by atoms with Gasteiger partial charge in [-0.25, -0.2) is 0 Å². The Balaban J connectivity index is 1.60. The van der Waals surface area contributed by atoms with Crippen molar-refractivity contribution in [2.45, 2.75) is 12.8 Å². The molecule has 7 nitrogen and oxygen atoms in total. The van der Waals surface area contributed by atoms with E-state index in [1.807, 2.05) is 0 Å². The summed E-state index contributed by atoms with van der Waals surface area (Å²) in [5, 5.41) is 0. The maximum absolute atomic E-state index is 12.6. The minimum Gasteiger partial charge on any atom is -0.493 e. The summed E-state index contributed by atoms with van der Waals surface area (Å²) in [6, 6.07) is 10.2. The second kappa shape index (κ2) is 8.65. The van der Waals surface area contributed by atoms with Crippen LogP contribution in [-0.2, 0) is 4.79 Å². The van der Waals surface area contributed by atoms with Gasteiger partial charge in [-0.2, -0.15) is 0 Å². The van der Waals surface area contributed by atoms with E-state index in [1.54, 1.807) is 50.6 Å². The van der Waals surface area contributed by atoms with Crippen LogP contribution in [0.4, 0.5) is 5.69 Å². The number of carbonyl (C=O) groups excluding carboxylic acids is 3. The molecule has 1 heterocycles. The van der Waals surface area contributed by atoms with E-state index < -0.39 is 0 Å². The van der Waals surface area contributed by atoms with Gasteiger partial charge in [-0.1, -0.05) is 15.9 Å². The van der Waals surface area contributed by atoms with E-state index in [0.29, 0.717) is 34.7 Å². The van der Waals surface area contributed by atoms with Crippen LogP contribution in [0.1, 0.15) is 33.6 Å². The van der Waals surface area contributed by atoms with Gasteiger partial charge in [-0.15, -0.1) is 0 Å². The van der Waals surface area contributed by atoms with E-state index in [-0.39, 0.29) is 30.7 Å². The van der Waals surface area contributed by atoms with Crippen LogP contribution in [0.15, 0.2) is 40.9 Å². The number of hydrogen-bond acceptors (Lipinski definition) is 5. The van der Waals surface area contributed by atoms with Crippen LogP contribution in [0.2, 0.25) is 0 Å². The lowest BCUT2D eigenvalue weighted by atomic mass is 10.1. The third kappa shape index (κ3) is 4.12. The number of fused-ring (bicyclic) bond motifs is 1. The molecule has 0 saturated carbocycles. The van der Waals surface area contributed by atoms with Gasteiger partial charge in [0.05, 0.1) is 25.3 Å². The van der Waals surface area contributed by atoms with E-state index >= 15 is 0 Å². The highest BCUT2D eigenvalue weighted by atomic mass is 79.9. The minimum atomic E-state index is -0.327. The number of halogens is 1. The smallest absolute Gasteiger partial charge is 0.261 e. The van der Waals surface area contributed by atoms with Gasteiger partial charge in [-0.05, 0) is 36.8 Å². The summed E-state index contributed by atoms with van der Waals surface area (Å²) in [7, 11) is 4.75. The number of imide groups is 1. The number of nitrogens with zero attached hydrogens (tertiary/aromatic N) is 2. The van der Waals surface area contributed by atoms with Gasteiger partial charge in [0, 0.05) is 36.2 Å². The third-order valence-corrected chi connectivity index (χ3v) is 5.33. The molecule has 0 aliphatic carbocycles. The Morgan fingerprint density at radius 3 is 2.38 bits per heavy atom. The Hall–Kier alpha value is -2.87. The zero-order valence-electron chi connectivity index (χ0n) is 16.4. The second-order valence-electron chi connectivity index (χ2n) is 6.55. The number of amides is 3. The van der Waals surface area contributed by atoms with Gasteiger partial charge in [0.1, 0.15) is 0 Å². The predicted molar refractivity (Wildman–Crippen MR) is 112 cm³/mol. The molecule has 0 saturated heterocycles. The lowest BCUT2D eigenvalue weighted by molar-refractivity contribution is -0.118. The highest BCUT2D eigenvalue weighted by Gasteiger charge is 2.35. The van der Waals surface area contributed by atoms with Crippen LogP contribution < -0.4 is 14.4 Å². The Kier molecular flexibility index (Phi) is 6.22. The second-order valence-corrected chi connectivity index (χ2v) is 7.46. The first-order chi connectivity index (χ1) is 13.9.